The first kappa shape index (κ1) is 13.8. The molecule has 0 aliphatic rings. The Labute approximate surface area is 113 Å². The molecule has 0 radical (unpaired) electrons. The molecule has 0 atom stereocenters. The Hall–Kier alpha value is -1.65. The van der Waals surface area contributed by atoms with Gasteiger partial charge >= 0.3 is 0 Å². The maximum Gasteiger partial charge on any atom is 0.261 e. The van der Waals surface area contributed by atoms with Crippen LogP contribution in [-0.2, 0) is 6.54 Å². The third-order valence-corrected chi connectivity index (χ3v) is 3.41. The molecule has 0 aromatic carbocycles. The van der Waals surface area contributed by atoms with Gasteiger partial charge in [0.2, 0.25) is 0 Å². The molecule has 2 rings (SSSR count). The first-order valence-electron chi connectivity index (χ1n) is 7.22. The lowest BCUT2D eigenvalue weighted by Crippen LogP contribution is -2.07. The molecule has 104 valence electrons. The predicted molar refractivity (Wildman–Crippen MR) is 76.1 cm³/mol. The number of nitrogens with one attached hydrogen (secondary N) is 1. The Morgan fingerprint density at radius 3 is 2.68 bits per heavy atom. The molecule has 5 heteroatoms. The zero-order valence-corrected chi connectivity index (χ0v) is 11.6. The summed E-state index contributed by atoms with van der Waals surface area (Å²) in [6.07, 6.45) is 11.9. The highest BCUT2D eigenvalue weighted by atomic mass is 16.1. The summed E-state index contributed by atoms with van der Waals surface area (Å²) < 4.78 is 1.83. The van der Waals surface area contributed by atoms with Gasteiger partial charge in [-0.2, -0.15) is 5.10 Å². The molecule has 0 fully saturated rings. The van der Waals surface area contributed by atoms with Gasteiger partial charge in [-0.25, -0.2) is 9.67 Å². The molecule has 0 unspecified atom stereocenters. The summed E-state index contributed by atoms with van der Waals surface area (Å²) in [5.41, 5.74) is 0.575. The topological polar surface area (TPSA) is 63.6 Å². The van der Waals surface area contributed by atoms with E-state index in [2.05, 4.69) is 22.0 Å². The number of aromatic nitrogens is 4. The Bertz CT molecular complexity index is 558. The van der Waals surface area contributed by atoms with Crippen molar-refractivity contribution in [2.75, 3.05) is 0 Å². The maximum absolute atomic E-state index is 11.5. The quantitative estimate of drug-likeness (QED) is 0.744. The number of aryl methyl sites for hydroxylation is 1. The molecule has 0 aliphatic heterocycles. The van der Waals surface area contributed by atoms with Gasteiger partial charge in [-0.1, -0.05) is 45.4 Å². The highest BCUT2D eigenvalue weighted by Crippen LogP contribution is 2.10. The molecule has 0 spiro atoms. The number of hydrogen-bond donors (Lipinski definition) is 1. The van der Waals surface area contributed by atoms with Gasteiger partial charge in [-0.3, -0.25) is 4.79 Å². The van der Waals surface area contributed by atoms with E-state index in [4.69, 9.17) is 0 Å². The summed E-state index contributed by atoms with van der Waals surface area (Å²) in [5, 5.41) is 4.81. The monoisotopic (exact) mass is 262 g/mol. The molecule has 5 nitrogen and oxygen atoms in total. The summed E-state index contributed by atoms with van der Waals surface area (Å²) in [7, 11) is 0. The van der Waals surface area contributed by atoms with Gasteiger partial charge in [-0.15, -0.1) is 0 Å². The van der Waals surface area contributed by atoms with Crippen LogP contribution in [0.3, 0.4) is 0 Å². The fourth-order valence-electron chi connectivity index (χ4n) is 2.29. The molecular weight excluding hydrogens is 240 g/mol. The summed E-state index contributed by atoms with van der Waals surface area (Å²) in [4.78, 5) is 18.3. The van der Waals surface area contributed by atoms with Crippen LogP contribution in [0, 0.1) is 0 Å². The molecule has 1 N–H and O–H groups in total. The van der Waals surface area contributed by atoms with Crippen molar-refractivity contribution >= 4 is 11.0 Å². The van der Waals surface area contributed by atoms with E-state index in [1.807, 2.05) is 4.68 Å². The van der Waals surface area contributed by atoms with Gasteiger partial charge in [0.05, 0.1) is 12.5 Å². The highest BCUT2D eigenvalue weighted by Gasteiger charge is 2.06. The van der Waals surface area contributed by atoms with Crippen molar-refractivity contribution in [1.29, 1.82) is 0 Å². The van der Waals surface area contributed by atoms with Crippen molar-refractivity contribution in [1.82, 2.24) is 19.7 Å². The van der Waals surface area contributed by atoms with E-state index in [0.29, 0.717) is 11.0 Å². The van der Waals surface area contributed by atoms with Crippen LogP contribution in [-0.4, -0.2) is 19.7 Å². The minimum absolute atomic E-state index is 0.115. The molecule has 0 saturated carbocycles. The van der Waals surface area contributed by atoms with E-state index in [0.717, 1.165) is 13.0 Å². The number of nitrogens with zero attached hydrogens (tertiary/aromatic N) is 3. The van der Waals surface area contributed by atoms with Crippen LogP contribution < -0.4 is 5.56 Å². The van der Waals surface area contributed by atoms with Crippen LogP contribution in [0.2, 0.25) is 0 Å². The lowest BCUT2D eigenvalue weighted by atomic mass is 10.1. The van der Waals surface area contributed by atoms with Crippen LogP contribution in [0.15, 0.2) is 17.3 Å². The van der Waals surface area contributed by atoms with E-state index >= 15 is 0 Å². The molecule has 2 aromatic rings. The van der Waals surface area contributed by atoms with Crippen LogP contribution in [0.25, 0.3) is 11.0 Å². The van der Waals surface area contributed by atoms with Crippen LogP contribution in [0.5, 0.6) is 0 Å². The first-order valence-corrected chi connectivity index (χ1v) is 7.22. The van der Waals surface area contributed by atoms with Crippen LogP contribution in [0.4, 0.5) is 0 Å². The fourth-order valence-corrected chi connectivity index (χ4v) is 2.29. The minimum atomic E-state index is -0.115. The van der Waals surface area contributed by atoms with Gasteiger partial charge in [0, 0.05) is 6.54 Å². The van der Waals surface area contributed by atoms with Crippen molar-refractivity contribution in [3.8, 4) is 0 Å². The zero-order valence-electron chi connectivity index (χ0n) is 11.6. The van der Waals surface area contributed by atoms with Crippen molar-refractivity contribution < 1.29 is 0 Å². The Morgan fingerprint density at radius 2 is 1.89 bits per heavy atom. The van der Waals surface area contributed by atoms with E-state index in [-0.39, 0.29) is 5.56 Å². The SMILES string of the molecule is CCCCCCCCCn1ncc2c(=O)[nH]cnc21. The van der Waals surface area contributed by atoms with Crippen molar-refractivity contribution in [2.45, 2.75) is 58.4 Å². The molecule has 2 aromatic heterocycles. The number of rotatable bonds is 8. The van der Waals surface area contributed by atoms with Crippen LogP contribution in [0.1, 0.15) is 51.9 Å². The predicted octanol–water partition coefficient (Wildman–Crippen LogP) is 2.87. The van der Waals surface area contributed by atoms with Crippen molar-refractivity contribution in [3.63, 3.8) is 0 Å². The number of H-pyrrole nitrogens is 1. The minimum Gasteiger partial charge on any atom is -0.312 e. The smallest absolute Gasteiger partial charge is 0.261 e. The van der Waals surface area contributed by atoms with Gasteiger partial charge in [0.15, 0.2) is 5.65 Å². The van der Waals surface area contributed by atoms with E-state index in [9.17, 15) is 4.79 Å². The zero-order chi connectivity index (χ0) is 13.5. The van der Waals surface area contributed by atoms with E-state index in [1.165, 1.54) is 44.9 Å². The highest BCUT2D eigenvalue weighted by molar-refractivity contribution is 5.72. The lowest BCUT2D eigenvalue weighted by molar-refractivity contribution is 0.530. The molecule has 19 heavy (non-hydrogen) atoms. The maximum atomic E-state index is 11.5. The second kappa shape index (κ2) is 7.07. The summed E-state index contributed by atoms with van der Waals surface area (Å²) >= 11 is 0. The van der Waals surface area contributed by atoms with Crippen molar-refractivity contribution in [2.24, 2.45) is 0 Å². The van der Waals surface area contributed by atoms with E-state index < -0.39 is 0 Å². The number of unbranched alkanes of at least 4 members (excludes halogenated alkanes) is 6. The second-order valence-electron chi connectivity index (χ2n) is 4.96. The number of fused-ring (bicyclic) bond motifs is 1. The average Bonchev–Trinajstić information content (AvgIpc) is 2.83. The first-order chi connectivity index (χ1) is 9.33. The molecule has 0 amide bonds. The fraction of sp³-hybridized carbons (Fsp3) is 0.643. The largest absolute Gasteiger partial charge is 0.312 e. The van der Waals surface area contributed by atoms with Gasteiger partial charge in [0.1, 0.15) is 5.39 Å². The second-order valence-corrected chi connectivity index (χ2v) is 4.96. The van der Waals surface area contributed by atoms with Gasteiger partial charge < -0.3 is 4.98 Å². The third kappa shape index (κ3) is 3.66. The number of hydrogen-bond acceptors (Lipinski definition) is 3. The molecule has 0 aliphatic carbocycles. The number of aromatic amines is 1. The molecule has 2 heterocycles. The third-order valence-electron chi connectivity index (χ3n) is 3.41. The van der Waals surface area contributed by atoms with Crippen molar-refractivity contribution in [3.05, 3.63) is 22.9 Å². The van der Waals surface area contributed by atoms with Gasteiger partial charge in [0.25, 0.3) is 5.56 Å². The molecule has 0 bridgehead atoms. The summed E-state index contributed by atoms with van der Waals surface area (Å²) in [6.45, 7) is 3.07. The Kier molecular flexibility index (Phi) is 5.12. The van der Waals surface area contributed by atoms with Gasteiger partial charge in [-0.05, 0) is 6.42 Å². The normalized spacial score (nSPS) is 11.2. The Morgan fingerprint density at radius 1 is 1.16 bits per heavy atom. The molecule has 0 saturated heterocycles. The van der Waals surface area contributed by atoms with E-state index in [1.54, 1.807) is 6.20 Å². The average molecular weight is 262 g/mol. The molecular formula is C14H22N4O. The summed E-state index contributed by atoms with van der Waals surface area (Å²) in [5.74, 6) is 0. The Balaban J connectivity index is 1.79. The standard InChI is InChI=1S/C14H22N4O/c1-2-3-4-5-6-7-8-9-18-13-12(10-17-18)14(19)16-11-15-13/h10-11H,2-9H2,1H3,(H,15,16,19). The summed E-state index contributed by atoms with van der Waals surface area (Å²) in [6, 6.07) is 0. The lowest BCUT2D eigenvalue weighted by Gasteiger charge is -2.03. The van der Waals surface area contributed by atoms with Crippen LogP contribution >= 0.6 is 0 Å².